The number of carboxylic acids is 1. The molecule has 5 nitrogen and oxygen atoms in total. The number of amides is 2. The number of halogens is 1. The molecule has 1 aromatic carbocycles. The number of likely N-dealkylation sites (tertiary alicyclic amines) is 1. The number of carbonyl (C=O) groups is 2. The Kier molecular flexibility index (Phi) is 3.95. The van der Waals surface area contributed by atoms with Crippen LogP contribution in [0.2, 0.25) is 5.02 Å². The molecule has 0 unspecified atom stereocenters. The molecular weight excluding hydrogens is 268 g/mol. The topological polar surface area (TPSA) is 69.6 Å². The van der Waals surface area contributed by atoms with Crippen molar-refractivity contribution in [3.63, 3.8) is 0 Å². The molecule has 0 saturated carbocycles. The summed E-state index contributed by atoms with van der Waals surface area (Å²) in [5.41, 5.74) is 0.640. The zero-order valence-electron chi connectivity index (χ0n) is 10.5. The van der Waals surface area contributed by atoms with Gasteiger partial charge < -0.3 is 15.3 Å². The number of anilines is 1. The molecule has 6 heteroatoms. The van der Waals surface area contributed by atoms with E-state index >= 15 is 0 Å². The number of nitrogens with one attached hydrogen (secondary N) is 1. The minimum absolute atomic E-state index is 0.0338. The van der Waals surface area contributed by atoms with Crippen LogP contribution in [0.4, 0.5) is 10.5 Å². The van der Waals surface area contributed by atoms with Crippen molar-refractivity contribution in [3.05, 3.63) is 29.3 Å². The Hall–Kier alpha value is -1.75. The molecule has 102 valence electrons. The Bertz CT molecular complexity index is 489. The summed E-state index contributed by atoms with van der Waals surface area (Å²) in [4.78, 5) is 24.5. The Labute approximate surface area is 116 Å². The van der Waals surface area contributed by atoms with Crippen LogP contribution in [0.25, 0.3) is 0 Å². The lowest BCUT2D eigenvalue weighted by molar-refractivity contribution is -0.142. The van der Waals surface area contributed by atoms with Gasteiger partial charge in [0.25, 0.3) is 0 Å². The molecule has 1 aliphatic heterocycles. The molecule has 1 aromatic rings. The summed E-state index contributed by atoms with van der Waals surface area (Å²) in [6, 6.07) is 6.49. The molecule has 2 amide bonds. The molecule has 1 heterocycles. The molecule has 2 N–H and O–H groups in total. The highest BCUT2D eigenvalue weighted by atomic mass is 35.5. The number of carboxylic acid groups (broad SMARTS) is 1. The van der Waals surface area contributed by atoms with Gasteiger partial charge in [0.05, 0.1) is 5.92 Å². The molecule has 0 bridgehead atoms. The van der Waals surface area contributed by atoms with E-state index in [1.807, 2.05) is 6.92 Å². The van der Waals surface area contributed by atoms with Gasteiger partial charge in [0.1, 0.15) is 0 Å². The molecule has 19 heavy (non-hydrogen) atoms. The maximum atomic E-state index is 12.0. The number of urea groups is 1. The van der Waals surface area contributed by atoms with Gasteiger partial charge in [0.2, 0.25) is 0 Å². The van der Waals surface area contributed by atoms with Crippen molar-refractivity contribution in [2.24, 2.45) is 11.8 Å². The monoisotopic (exact) mass is 282 g/mol. The quantitative estimate of drug-likeness (QED) is 0.876. The van der Waals surface area contributed by atoms with E-state index in [9.17, 15) is 9.59 Å². The predicted molar refractivity (Wildman–Crippen MR) is 72.3 cm³/mol. The van der Waals surface area contributed by atoms with E-state index in [0.29, 0.717) is 17.3 Å². The van der Waals surface area contributed by atoms with Gasteiger partial charge >= 0.3 is 12.0 Å². The fourth-order valence-electron chi connectivity index (χ4n) is 2.19. The maximum absolute atomic E-state index is 12.0. The van der Waals surface area contributed by atoms with Crippen molar-refractivity contribution in [1.29, 1.82) is 0 Å². The molecule has 0 aliphatic carbocycles. The lowest BCUT2D eigenvalue weighted by Gasteiger charge is -2.16. The van der Waals surface area contributed by atoms with Gasteiger partial charge in [0, 0.05) is 23.8 Å². The minimum Gasteiger partial charge on any atom is -0.481 e. The fourth-order valence-corrected chi connectivity index (χ4v) is 2.32. The number of rotatable bonds is 2. The van der Waals surface area contributed by atoms with Crippen molar-refractivity contribution in [3.8, 4) is 0 Å². The molecule has 0 radical (unpaired) electrons. The predicted octanol–water partition coefficient (Wildman–Crippen LogP) is 2.52. The first-order chi connectivity index (χ1) is 8.97. The number of hydrogen-bond acceptors (Lipinski definition) is 2. The third kappa shape index (κ3) is 3.17. The van der Waals surface area contributed by atoms with E-state index in [0.717, 1.165) is 0 Å². The summed E-state index contributed by atoms with van der Waals surface area (Å²) in [6.45, 7) is 2.54. The number of benzene rings is 1. The largest absolute Gasteiger partial charge is 0.481 e. The first kappa shape index (κ1) is 13.7. The zero-order valence-corrected chi connectivity index (χ0v) is 11.2. The van der Waals surface area contributed by atoms with Crippen molar-refractivity contribution in [2.75, 3.05) is 18.4 Å². The average molecular weight is 283 g/mol. The summed E-state index contributed by atoms with van der Waals surface area (Å²) < 4.78 is 0. The van der Waals surface area contributed by atoms with E-state index in [4.69, 9.17) is 16.7 Å². The normalized spacial score (nSPS) is 22.3. The van der Waals surface area contributed by atoms with Crippen LogP contribution < -0.4 is 5.32 Å². The SMILES string of the molecule is C[C@@H]1CN(C(=O)Nc2ccc(Cl)cc2)C[C@H]1C(=O)O. The van der Waals surface area contributed by atoms with E-state index in [1.54, 1.807) is 24.3 Å². The van der Waals surface area contributed by atoms with Crippen molar-refractivity contribution in [2.45, 2.75) is 6.92 Å². The zero-order chi connectivity index (χ0) is 14.0. The standard InChI is InChI=1S/C13H15ClN2O3/c1-8-6-16(7-11(8)12(17)18)13(19)15-10-4-2-9(14)3-5-10/h2-5,8,11H,6-7H2,1H3,(H,15,19)(H,17,18)/t8-,11-/m1/s1. The second-order valence-corrected chi connectivity index (χ2v) is 5.20. The highest BCUT2D eigenvalue weighted by Gasteiger charge is 2.36. The Morgan fingerprint density at radius 1 is 1.32 bits per heavy atom. The molecule has 0 spiro atoms. The smallest absolute Gasteiger partial charge is 0.321 e. The highest BCUT2D eigenvalue weighted by molar-refractivity contribution is 6.30. The fraction of sp³-hybridized carbons (Fsp3) is 0.385. The van der Waals surface area contributed by atoms with Gasteiger partial charge in [-0.2, -0.15) is 0 Å². The third-order valence-electron chi connectivity index (χ3n) is 3.31. The highest BCUT2D eigenvalue weighted by Crippen LogP contribution is 2.24. The van der Waals surface area contributed by atoms with E-state index < -0.39 is 11.9 Å². The second kappa shape index (κ2) is 5.48. The van der Waals surface area contributed by atoms with Crippen LogP contribution in [0, 0.1) is 11.8 Å². The maximum Gasteiger partial charge on any atom is 0.321 e. The van der Waals surface area contributed by atoms with Crippen LogP contribution in [-0.2, 0) is 4.79 Å². The number of aliphatic carboxylic acids is 1. The summed E-state index contributed by atoms with van der Waals surface area (Å²) in [7, 11) is 0. The van der Waals surface area contributed by atoms with Crippen LogP contribution in [0.3, 0.4) is 0 Å². The molecule has 2 rings (SSSR count). The minimum atomic E-state index is -0.853. The first-order valence-corrected chi connectivity index (χ1v) is 6.39. The molecule has 1 saturated heterocycles. The van der Waals surface area contributed by atoms with Crippen molar-refractivity contribution in [1.82, 2.24) is 4.90 Å². The number of nitrogens with zero attached hydrogens (tertiary/aromatic N) is 1. The van der Waals surface area contributed by atoms with Gasteiger partial charge in [-0.1, -0.05) is 18.5 Å². The molecular formula is C13H15ClN2O3. The van der Waals surface area contributed by atoms with E-state index in [2.05, 4.69) is 5.32 Å². The van der Waals surface area contributed by atoms with Gasteiger partial charge in [-0.3, -0.25) is 4.79 Å². The Morgan fingerprint density at radius 3 is 2.47 bits per heavy atom. The van der Waals surface area contributed by atoms with Crippen LogP contribution in [-0.4, -0.2) is 35.1 Å². The number of carbonyl (C=O) groups excluding carboxylic acids is 1. The third-order valence-corrected chi connectivity index (χ3v) is 3.56. The second-order valence-electron chi connectivity index (χ2n) is 4.76. The van der Waals surface area contributed by atoms with Gasteiger partial charge in [-0.15, -0.1) is 0 Å². The molecule has 2 atom stereocenters. The van der Waals surface area contributed by atoms with E-state index in [1.165, 1.54) is 4.90 Å². The van der Waals surface area contributed by atoms with Crippen molar-refractivity contribution >= 4 is 29.3 Å². The first-order valence-electron chi connectivity index (χ1n) is 6.01. The lowest BCUT2D eigenvalue weighted by atomic mass is 9.99. The van der Waals surface area contributed by atoms with Gasteiger partial charge in [-0.25, -0.2) is 4.79 Å². The van der Waals surface area contributed by atoms with E-state index in [-0.39, 0.29) is 18.5 Å². The summed E-state index contributed by atoms with van der Waals surface area (Å²) in [5.74, 6) is -1.38. The summed E-state index contributed by atoms with van der Waals surface area (Å²) in [6.07, 6.45) is 0. The summed E-state index contributed by atoms with van der Waals surface area (Å²) >= 11 is 5.76. The van der Waals surface area contributed by atoms with Crippen LogP contribution in [0.15, 0.2) is 24.3 Å². The Balaban J connectivity index is 1.98. The molecule has 1 aliphatic rings. The lowest BCUT2D eigenvalue weighted by Crippen LogP contribution is -2.33. The number of hydrogen-bond donors (Lipinski definition) is 2. The van der Waals surface area contributed by atoms with Gasteiger partial charge in [-0.05, 0) is 30.2 Å². The molecule has 0 aromatic heterocycles. The van der Waals surface area contributed by atoms with Crippen molar-refractivity contribution < 1.29 is 14.7 Å². The summed E-state index contributed by atoms with van der Waals surface area (Å²) in [5, 5.41) is 12.4. The molecule has 1 fully saturated rings. The average Bonchev–Trinajstić information content (AvgIpc) is 2.74. The van der Waals surface area contributed by atoms with Gasteiger partial charge in [0.15, 0.2) is 0 Å². The van der Waals surface area contributed by atoms with Crippen LogP contribution in [0.5, 0.6) is 0 Å². The Morgan fingerprint density at radius 2 is 1.95 bits per heavy atom. The van der Waals surface area contributed by atoms with Crippen LogP contribution in [0.1, 0.15) is 6.92 Å². The van der Waals surface area contributed by atoms with Crippen LogP contribution >= 0.6 is 11.6 Å².